The zero-order valence-corrected chi connectivity index (χ0v) is 9.91. The summed E-state index contributed by atoms with van der Waals surface area (Å²) in [5.74, 6) is 2.68. The van der Waals surface area contributed by atoms with Crippen molar-refractivity contribution in [2.75, 3.05) is 12.8 Å². The van der Waals surface area contributed by atoms with E-state index in [0.717, 1.165) is 30.7 Å². The Hall–Kier alpha value is -0.130. The number of unbranched alkanes of at least 4 members (excludes halogenated alkanes) is 1. The van der Waals surface area contributed by atoms with E-state index in [4.69, 9.17) is 6.42 Å². The molecule has 1 saturated carbocycles. The van der Waals surface area contributed by atoms with Crippen molar-refractivity contribution in [3.63, 3.8) is 0 Å². The highest BCUT2D eigenvalue weighted by Crippen LogP contribution is 2.26. The van der Waals surface area contributed by atoms with Crippen molar-refractivity contribution in [3.05, 3.63) is 0 Å². The zero-order chi connectivity index (χ0) is 10.2. The van der Waals surface area contributed by atoms with Gasteiger partial charge in [0.15, 0.2) is 0 Å². The summed E-state index contributed by atoms with van der Waals surface area (Å²) in [5.41, 5.74) is 0. The molecule has 2 heteroatoms. The van der Waals surface area contributed by atoms with Crippen molar-refractivity contribution in [2.24, 2.45) is 0 Å². The minimum atomic E-state index is 0.749. The van der Waals surface area contributed by atoms with Gasteiger partial charge in [-0.05, 0) is 38.5 Å². The van der Waals surface area contributed by atoms with Gasteiger partial charge in [0.2, 0.25) is 0 Å². The Morgan fingerprint density at radius 2 is 2.36 bits per heavy atom. The molecule has 0 radical (unpaired) electrons. The van der Waals surface area contributed by atoms with Crippen molar-refractivity contribution in [3.8, 4) is 12.3 Å². The Kier molecular flexibility index (Phi) is 6.14. The molecule has 0 aromatic carbocycles. The fourth-order valence-electron chi connectivity index (χ4n) is 2.04. The van der Waals surface area contributed by atoms with Crippen LogP contribution in [0.4, 0.5) is 0 Å². The third-order valence-corrected chi connectivity index (χ3v) is 3.99. The zero-order valence-electron chi connectivity index (χ0n) is 9.09. The van der Waals surface area contributed by atoms with Crippen LogP contribution >= 0.6 is 11.8 Å². The summed E-state index contributed by atoms with van der Waals surface area (Å²) in [6.45, 7) is 1.09. The Morgan fingerprint density at radius 3 is 3.07 bits per heavy atom. The van der Waals surface area contributed by atoms with Gasteiger partial charge >= 0.3 is 0 Å². The molecule has 14 heavy (non-hydrogen) atoms. The molecule has 1 aliphatic carbocycles. The lowest BCUT2D eigenvalue weighted by atomic mass is 9.95. The highest BCUT2D eigenvalue weighted by molar-refractivity contribution is 7.99. The molecule has 1 aliphatic rings. The lowest BCUT2D eigenvalue weighted by molar-refractivity contribution is 0.380. The first-order chi connectivity index (χ1) is 6.86. The molecule has 1 fully saturated rings. The average Bonchev–Trinajstić information content (AvgIpc) is 2.25. The predicted molar refractivity (Wildman–Crippen MR) is 65.6 cm³/mol. The highest BCUT2D eigenvalue weighted by Gasteiger charge is 2.20. The molecule has 1 nitrogen and oxygen atoms in total. The number of hydrogen-bond donors (Lipinski definition) is 1. The van der Waals surface area contributed by atoms with Crippen LogP contribution in [0.3, 0.4) is 0 Å². The lowest BCUT2D eigenvalue weighted by Crippen LogP contribution is -2.35. The maximum Gasteiger partial charge on any atom is 0.00981 e. The van der Waals surface area contributed by atoms with Gasteiger partial charge in [0.1, 0.15) is 0 Å². The van der Waals surface area contributed by atoms with Gasteiger partial charge < -0.3 is 5.32 Å². The van der Waals surface area contributed by atoms with Crippen LogP contribution in [0.5, 0.6) is 0 Å². The van der Waals surface area contributed by atoms with Crippen LogP contribution in [-0.4, -0.2) is 24.1 Å². The first-order valence-corrected chi connectivity index (χ1v) is 6.85. The van der Waals surface area contributed by atoms with Gasteiger partial charge in [-0.2, -0.15) is 11.8 Å². The molecule has 0 bridgehead atoms. The largest absolute Gasteiger partial charge is 0.314 e. The molecule has 80 valence electrons. The Bertz CT molecular complexity index is 185. The van der Waals surface area contributed by atoms with Crippen molar-refractivity contribution in [1.29, 1.82) is 0 Å². The molecule has 2 atom stereocenters. The molecule has 0 aromatic rings. The van der Waals surface area contributed by atoms with Gasteiger partial charge in [0, 0.05) is 17.7 Å². The maximum atomic E-state index is 5.21. The van der Waals surface area contributed by atoms with E-state index in [1.165, 1.54) is 25.7 Å². The molecule has 2 unspecified atom stereocenters. The summed E-state index contributed by atoms with van der Waals surface area (Å²) >= 11 is 2.02. The summed E-state index contributed by atoms with van der Waals surface area (Å²) in [6, 6.07) is 0.749. The van der Waals surface area contributed by atoms with E-state index >= 15 is 0 Å². The minimum absolute atomic E-state index is 0.749. The average molecular weight is 211 g/mol. The standard InChI is InChI=1S/C12H21NS/c1-3-4-5-9-13-11-7-6-8-12(10-11)14-2/h1,11-13H,4-10H2,2H3. The fourth-order valence-corrected chi connectivity index (χ4v) is 2.87. The van der Waals surface area contributed by atoms with Gasteiger partial charge in [-0.3, -0.25) is 0 Å². The number of rotatable bonds is 5. The van der Waals surface area contributed by atoms with Crippen LogP contribution in [0.2, 0.25) is 0 Å². The minimum Gasteiger partial charge on any atom is -0.314 e. The molecular formula is C12H21NS. The van der Waals surface area contributed by atoms with E-state index < -0.39 is 0 Å². The third-order valence-electron chi connectivity index (χ3n) is 2.89. The van der Waals surface area contributed by atoms with Gasteiger partial charge in [-0.25, -0.2) is 0 Å². The van der Waals surface area contributed by atoms with Crippen LogP contribution in [0.1, 0.15) is 38.5 Å². The smallest absolute Gasteiger partial charge is 0.00981 e. The summed E-state index contributed by atoms with van der Waals surface area (Å²) in [4.78, 5) is 0. The molecular weight excluding hydrogens is 190 g/mol. The maximum absolute atomic E-state index is 5.21. The first-order valence-electron chi connectivity index (χ1n) is 5.56. The molecule has 0 saturated heterocycles. The second-order valence-corrected chi connectivity index (χ2v) is 5.12. The monoisotopic (exact) mass is 211 g/mol. The summed E-state index contributed by atoms with van der Waals surface area (Å²) < 4.78 is 0. The summed E-state index contributed by atoms with van der Waals surface area (Å²) in [6.07, 6.45) is 15.0. The first kappa shape index (κ1) is 11.9. The van der Waals surface area contributed by atoms with E-state index in [2.05, 4.69) is 17.5 Å². The van der Waals surface area contributed by atoms with Gasteiger partial charge in [0.25, 0.3) is 0 Å². The Morgan fingerprint density at radius 1 is 1.50 bits per heavy atom. The van der Waals surface area contributed by atoms with Crippen molar-refractivity contribution in [1.82, 2.24) is 5.32 Å². The van der Waals surface area contributed by atoms with Gasteiger partial charge in [-0.15, -0.1) is 12.3 Å². The topological polar surface area (TPSA) is 12.0 Å². The molecule has 0 aromatic heterocycles. The molecule has 0 aliphatic heterocycles. The fraction of sp³-hybridized carbons (Fsp3) is 0.833. The molecule has 1 N–H and O–H groups in total. The summed E-state index contributed by atoms with van der Waals surface area (Å²) in [7, 11) is 0. The second kappa shape index (κ2) is 7.20. The van der Waals surface area contributed by atoms with E-state index in [-0.39, 0.29) is 0 Å². The number of nitrogens with one attached hydrogen (secondary N) is 1. The van der Waals surface area contributed by atoms with Crippen molar-refractivity contribution < 1.29 is 0 Å². The Balaban J connectivity index is 2.08. The van der Waals surface area contributed by atoms with E-state index in [1.807, 2.05) is 11.8 Å². The molecule has 0 heterocycles. The van der Waals surface area contributed by atoms with Crippen molar-refractivity contribution >= 4 is 11.8 Å². The number of terminal acetylenes is 1. The van der Waals surface area contributed by atoms with Crippen LogP contribution in [0.25, 0.3) is 0 Å². The molecule has 0 spiro atoms. The van der Waals surface area contributed by atoms with Crippen LogP contribution in [0, 0.1) is 12.3 Å². The summed E-state index contributed by atoms with van der Waals surface area (Å²) in [5, 5.41) is 4.50. The third kappa shape index (κ3) is 4.39. The van der Waals surface area contributed by atoms with Crippen LogP contribution < -0.4 is 5.32 Å². The van der Waals surface area contributed by atoms with Crippen LogP contribution in [0.15, 0.2) is 0 Å². The van der Waals surface area contributed by atoms with Crippen molar-refractivity contribution in [2.45, 2.75) is 49.8 Å². The lowest BCUT2D eigenvalue weighted by Gasteiger charge is -2.28. The molecule has 1 rings (SSSR count). The second-order valence-electron chi connectivity index (χ2n) is 3.98. The number of thioether (sulfide) groups is 1. The predicted octanol–water partition coefficient (Wildman–Crippen LogP) is 2.66. The Labute approximate surface area is 92.4 Å². The number of hydrogen-bond acceptors (Lipinski definition) is 2. The van der Waals surface area contributed by atoms with Gasteiger partial charge in [0.05, 0.1) is 0 Å². The SMILES string of the molecule is C#CCCCNC1CCCC(SC)C1. The quantitative estimate of drug-likeness (QED) is 0.554. The molecule has 0 amide bonds. The van der Waals surface area contributed by atoms with E-state index in [9.17, 15) is 0 Å². The van der Waals surface area contributed by atoms with Crippen LogP contribution in [-0.2, 0) is 0 Å². The van der Waals surface area contributed by atoms with E-state index in [1.54, 1.807) is 0 Å². The highest BCUT2D eigenvalue weighted by atomic mass is 32.2. The normalized spacial score (nSPS) is 27.1. The van der Waals surface area contributed by atoms with E-state index in [0.29, 0.717) is 0 Å². The van der Waals surface area contributed by atoms with Gasteiger partial charge in [-0.1, -0.05) is 6.42 Å².